The Kier molecular flexibility index (Phi) is 5.68. The highest BCUT2D eigenvalue weighted by molar-refractivity contribution is 7.15. The summed E-state index contributed by atoms with van der Waals surface area (Å²) >= 11 is 1.74. The molecule has 0 aliphatic carbocycles. The minimum absolute atomic E-state index is 0.499. The van der Waals surface area contributed by atoms with Crippen molar-refractivity contribution in [2.24, 2.45) is 0 Å². The molecule has 1 saturated heterocycles. The number of rotatable bonds is 6. The van der Waals surface area contributed by atoms with Crippen molar-refractivity contribution in [3.8, 4) is 21.8 Å². The molecular weight excluding hydrogens is 406 g/mol. The Bertz CT molecular complexity index is 1120. The summed E-state index contributed by atoms with van der Waals surface area (Å²) in [5, 5.41) is 16.4. The lowest BCUT2D eigenvalue weighted by Crippen LogP contribution is -2.45. The van der Waals surface area contributed by atoms with Gasteiger partial charge in [-0.3, -0.25) is 4.90 Å². The van der Waals surface area contributed by atoms with Gasteiger partial charge in [-0.15, -0.1) is 11.3 Å². The van der Waals surface area contributed by atoms with E-state index in [9.17, 15) is 5.11 Å². The first-order valence-electron chi connectivity index (χ1n) is 10.6. The van der Waals surface area contributed by atoms with E-state index in [-0.39, 0.29) is 0 Å². The maximum absolute atomic E-state index is 11.1. The zero-order valence-corrected chi connectivity index (χ0v) is 18.1. The molecule has 0 unspecified atom stereocenters. The van der Waals surface area contributed by atoms with Crippen LogP contribution in [0.4, 0.5) is 0 Å². The van der Waals surface area contributed by atoms with E-state index in [1.165, 1.54) is 4.88 Å². The maximum atomic E-state index is 11.1. The molecule has 0 amide bonds. The number of piperidine rings is 1. The Morgan fingerprint density at radius 2 is 1.65 bits per heavy atom. The number of likely N-dealkylation sites (tertiary alicyclic amines) is 1. The van der Waals surface area contributed by atoms with E-state index in [0.717, 1.165) is 60.1 Å². The molecule has 1 N–H and O–H groups in total. The van der Waals surface area contributed by atoms with Gasteiger partial charge >= 0.3 is 0 Å². The fraction of sp³-hybridized carbons (Fsp3) is 0.280. The Hall–Kier alpha value is -2.80. The zero-order valence-electron chi connectivity index (χ0n) is 17.3. The minimum Gasteiger partial charge on any atom is -0.389 e. The monoisotopic (exact) mass is 431 g/mol. The lowest BCUT2D eigenvalue weighted by atomic mass is 9.87. The van der Waals surface area contributed by atoms with Crippen LogP contribution < -0.4 is 0 Å². The number of nitrogens with zero attached hydrogens (tertiary/aromatic N) is 3. The molecular formula is C25H25N3O2S. The van der Waals surface area contributed by atoms with Crippen LogP contribution in [-0.4, -0.2) is 38.8 Å². The number of aromatic nitrogens is 2. The van der Waals surface area contributed by atoms with Gasteiger partial charge in [-0.25, -0.2) is 4.98 Å². The molecule has 2 aromatic carbocycles. The predicted molar refractivity (Wildman–Crippen MR) is 123 cm³/mol. The fourth-order valence-electron chi connectivity index (χ4n) is 4.08. The average Bonchev–Trinajstić information content (AvgIpc) is 3.47. The summed E-state index contributed by atoms with van der Waals surface area (Å²) in [7, 11) is 0. The van der Waals surface area contributed by atoms with E-state index < -0.39 is 5.60 Å². The molecule has 6 heteroatoms. The van der Waals surface area contributed by atoms with Crippen molar-refractivity contribution in [1.82, 2.24) is 15.0 Å². The summed E-state index contributed by atoms with van der Waals surface area (Å²) in [4.78, 5) is 8.24. The molecule has 5 rings (SSSR count). The Morgan fingerprint density at radius 3 is 2.35 bits per heavy atom. The molecule has 1 aliphatic rings. The summed E-state index contributed by atoms with van der Waals surface area (Å²) in [6.07, 6.45) is 3.92. The standard InChI is InChI=1S/C25H25N3O2S/c29-25(16-21-15-23(27-30-21)19-7-3-1-4-8-19)11-13-28(14-12-25)18-22-17-26-24(31-22)20-9-5-2-6-10-20/h1-10,15,17,29H,11-14,16,18H2. The van der Waals surface area contributed by atoms with E-state index in [1.807, 2.05) is 60.8 Å². The van der Waals surface area contributed by atoms with Gasteiger partial charge in [0.25, 0.3) is 0 Å². The summed E-state index contributed by atoms with van der Waals surface area (Å²) in [5.74, 6) is 0.741. The molecule has 3 heterocycles. The topological polar surface area (TPSA) is 62.4 Å². The second-order valence-electron chi connectivity index (χ2n) is 8.22. The molecule has 0 spiro atoms. The van der Waals surface area contributed by atoms with E-state index in [2.05, 4.69) is 27.2 Å². The summed E-state index contributed by atoms with van der Waals surface area (Å²) < 4.78 is 5.52. The average molecular weight is 432 g/mol. The van der Waals surface area contributed by atoms with Gasteiger partial charge in [0.1, 0.15) is 16.5 Å². The molecule has 1 fully saturated rings. The summed E-state index contributed by atoms with van der Waals surface area (Å²) in [5.41, 5.74) is 2.26. The van der Waals surface area contributed by atoms with E-state index in [1.54, 1.807) is 11.3 Å². The largest absolute Gasteiger partial charge is 0.389 e. The SMILES string of the molecule is OC1(Cc2cc(-c3ccccc3)no2)CCN(Cc2cnc(-c3ccccc3)s2)CC1. The summed E-state index contributed by atoms with van der Waals surface area (Å²) in [6, 6.07) is 22.2. The fourth-order valence-corrected chi connectivity index (χ4v) is 5.05. The number of aliphatic hydroxyl groups is 1. The Balaban J connectivity index is 1.17. The van der Waals surface area contributed by atoms with Crippen molar-refractivity contribution >= 4 is 11.3 Å². The highest BCUT2D eigenvalue weighted by Crippen LogP contribution is 2.31. The predicted octanol–water partition coefficient (Wildman–Crippen LogP) is 5.03. The van der Waals surface area contributed by atoms with Crippen LogP contribution in [0.3, 0.4) is 0 Å². The number of hydrogen-bond donors (Lipinski definition) is 1. The molecule has 0 radical (unpaired) electrons. The first-order valence-corrected chi connectivity index (χ1v) is 11.4. The van der Waals surface area contributed by atoms with Crippen LogP contribution in [0.5, 0.6) is 0 Å². The van der Waals surface area contributed by atoms with Gasteiger partial charge in [-0.05, 0) is 12.8 Å². The van der Waals surface area contributed by atoms with Crippen LogP contribution in [0.2, 0.25) is 0 Å². The first-order chi connectivity index (χ1) is 15.2. The Labute approximate surface area is 186 Å². The molecule has 158 valence electrons. The normalized spacial score (nSPS) is 16.4. The van der Waals surface area contributed by atoms with Gasteiger partial charge in [-0.1, -0.05) is 65.8 Å². The van der Waals surface area contributed by atoms with Crippen LogP contribution in [0.1, 0.15) is 23.5 Å². The quantitative estimate of drug-likeness (QED) is 0.464. The highest BCUT2D eigenvalue weighted by Gasteiger charge is 2.34. The third-order valence-corrected chi connectivity index (χ3v) is 6.90. The zero-order chi connectivity index (χ0) is 21.1. The molecule has 1 aliphatic heterocycles. The van der Waals surface area contributed by atoms with E-state index >= 15 is 0 Å². The van der Waals surface area contributed by atoms with Crippen molar-refractivity contribution in [3.05, 3.63) is 83.6 Å². The van der Waals surface area contributed by atoms with Gasteiger partial charge in [0.15, 0.2) is 0 Å². The second kappa shape index (κ2) is 8.75. The highest BCUT2D eigenvalue weighted by atomic mass is 32.1. The first kappa shape index (κ1) is 20.1. The van der Waals surface area contributed by atoms with Gasteiger partial charge in [0.05, 0.1) is 5.60 Å². The van der Waals surface area contributed by atoms with Crippen molar-refractivity contribution in [2.45, 2.75) is 31.4 Å². The third-order valence-electron chi connectivity index (χ3n) is 5.87. The van der Waals surface area contributed by atoms with Crippen LogP contribution in [0.15, 0.2) is 77.4 Å². The molecule has 0 saturated carbocycles. The third kappa shape index (κ3) is 4.77. The van der Waals surface area contributed by atoms with Crippen LogP contribution in [-0.2, 0) is 13.0 Å². The van der Waals surface area contributed by atoms with Gasteiger partial charge in [0, 0.05) is 54.3 Å². The molecule has 0 atom stereocenters. The smallest absolute Gasteiger partial charge is 0.140 e. The lowest BCUT2D eigenvalue weighted by molar-refractivity contribution is -0.0263. The molecule has 5 nitrogen and oxygen atoms in total. The molecule has 31 heavy (non-hydrogen) atoms. The molecule has 4 aromatic rings. The summed E-state index contributed by atoms with van der Waals surface area (Å²) in [6.45, 7) is 2.59. The van der Waals surface area contributed by atoms with E-state index in [0.29, 0.717) is 6.42 Å². The minimum atomic E-state index is -0.743. The van der Waals surface area contributed by atoms with Crippen molar-refractivity contribution in [3.63, 3.8) is 0 Å². The number of benzene rings is 2. The van der Waals surface area contributed by atoms with E-state index in [4.69, 9.17) is 4.52 Å². The van der Waals surface area contributed by atoms with Crippen LogP contribution in [0.25, 0.3) is 21.8 Å². The van der Waals surface area contributed by atoms with Gasteiger partial charge < -0.3 is 9.63 Å². The van der Waals surface area contributed by atoms with Gasteiger partial charge in [-0.2, -0.15) is 0 Å². The molecule has 0 bridgehead atoms. The van der Waals surface area contributed by atoms with Crippen LogP contribution >= 0.6 is 11.3 Å². The second-order valence-corrected chi connectivity index (χ2v) is 9.33. The van der Waals surface area contributed by atoms with Crippen LogP contribution in [0, 0.1) is 0 Å². The number of hydrogen-bond acceptors (Lipinski definition) is 6. The van der Waals surface area contributed by atoms with Crippen molar-refractivity contribution in [2.75, 3.05) is 13.1 Å². The van der Waals surface area contributed by atoms with Crippen molar-refractivity contribution in [1.29, 1.82) is 0 Å². The maximum Gasteiger partial charge on any atom is 0.140 e. The Morgan fingerprint density at radius 1 is 0.968 bits per heavy atom. The van der Waals surface area contributed by atoms with Crippen molar-refractivity contribution < 1.29 is 9.63 Å². The lowest BCUT2D eigenvalue weighted by Gasteiger charge is -2.37. The number of thiazole rings is 1. The molecule has 2 aromatic heterocycles. The van der Waals surface area contributed by atoms with Gasteiger partial charge in [0.2, 0.25) is 0 Å².